The molecule has 0 saturated carbocycles. The van der Waals surface area contributed by atoms with Gasteiger partial charge in [0.05, 0.1) is 21.8 Å². The molecule has 0 bridgehead atoms. The number of rotatable bonds is 7. The Hall–Kier alpha value is -4.36. The van der Waals surface area contributed by atoms with Crippen LogP contribution in [0.3, 0.4) is 0 Å². The van der Waals surface area contributed by atoms with E-state index in [2.05, 4.69) is 128 Å². The van der Waals surface area contributed by atoms with Crippen LogP contribution in [0.4, 0.5) is 5.69 Å². The number of thioether (sulfide) groups is 2. The van der Waals surface area contributed by atoms with Gasteiger partial charge in [-0.25, -0.2) is 4.79 Å². The van der Waals surface area contributed by atoms with E-state index in [0.29, 0.717) is 11.5 Å². The van der Waals surface area contributed by atoms with Crippen LogP contribution in [0.25, 0.3) is 10.5 Å². The lowest BCUT2D eigenvalue weighted by atomic mass is 9.64. The summed E-state index contributed by atoms with van der Waals surface area (Å²) in [6.45, 7) is 6.39. The summed E-state index contributed by atoms with van der Waals surface area (Å²) < 4.78 is 6.55. The molecule has 7 rings (SSSR count). The molecule has 0 atom stereocenters. The van der Waals surface area contributed by atoms with Crippen LogP contribution < -0.4 is 5.32 Å². The monoisotopic (exact) mass is 681 g/mol. The van der Waals surface area contributed by atoms with E-state index in [-0.39, 0.29) is 5.97 Å². The number of esters is 1. The van der Waals surface area contributed by atoms with Gasteiger partial charge in [-0.05, 0) is 60.7 Å². The molecule has 5 aromatic rings. The Kier molecular flexibility index (Phi) is 8.90. The first kappa shape index (κ1) is 32.2. The third-order valence-electron chi connectivity index (χ3n) is 8.88. The van der Waals surface area contributed by atoms with Crippen LogP contribution in [0.1, 0.15) is 54.2 Å². The first-order valence-corrected chi connectivity index (χ1v) is 18.1. The zero-order chi connectivity index (χ0) is 33.3. The Morgan fingerprint density at radius 2 is 1.25 bits per heavy atom. The van der Waals surface area contributed by atoms with E-state index in [4.69, 9.17) is 17.0 Å². The van der Waals surface area contributed by atoms with Crippen LogP contribution in [-0.4, -0.2) is 23.0 Å². The van der Waals surface area contributed by atoms with Crippen LogP contribution in [0.2, 0.25) is 0 Å². The van der Waals surface area contributed by atoms with Crippen molar-refractivity contribution in [2.24, 2.45) is 0 Å². The predicted molar refractivity (Wildman–Crippen MR) is 207 cm³/mol. The number of ether oxygens (including phenoxy) is 1. The number of hydrogen-bond donors (Lipinski definition) is 1. The number of hydrogen-bond acceptors (Lipinski definition) is 6. The summed E-state index contributed by atoms with van der Waals surface area (Å²) in [5.74, 6) is -0.311. The standard InChI is InChI=1S/C42H35NO2S3/c1-4-45-39(44)37-36(28-17-9-5-10-18-28)47-40(48-37)35-33-27-32(25-26-34(33)43-41(2,3)38(35)46)42(29-19-11-6-12-20-29,30-21-13-7-14-22-30)31-23-15-8-16-24-31/h5-27,43H,4H2,1-3H3/b40-35+. The highest BCUT2D eigenvalue weighted by Crippen LogP contribution is 2.58. The van der Waals surface area contributed by atoms with Gasteiger partial charge >= 0.3 is 5.97 Å². The Bertz CT molecular complexity index is 1960. The summed E-state index contributed by atoms with van der Waals surface area (Å²) in [6.07, 6.45) is 0. The Labute approximate surface area is 296 Å². The molecule has 48 heavy (non-hydrogen) atoms. The number of benzene rings is 5. The second-order valence-electron chi connectivity index (χ2n) is 12.3. The number of nitrogens with one attached hydrogen (secondary N) is 1. The first-order chi connectivity index (χ1) is 23.3. The molecule has 0 radical (unpaired) electrons. The summed E-state index contributed by atoms with van der Waals surface area (Å²) in [6, 6.07) is 49.0. The summed E-state index contributed by atoms with van der Waals surface area (Å²) in [4.78, 5) is 15.7. The molecule has 0 amide bonds. The molecular formula is C42H35NO2S3. The molecule has 0 spiro atoms. The van der Waals surface area contributed by atoms with E-state index >= 15 is 0 Å². The van der Waals surface area contributed by atoms with Gasteiger partial charge in [-0.3, -0.25) is 0 Å². The molecule has 0 aliphatic carbocycles. The van der Waals surface area contributed by atoms with Crippen molar-refractivity contribution >= 4 is 62.7 Å². The number of thiocarbonyl (C=S) groups is 1. The van der Waals surface area contributed by atoms with Crippen molar-refractivity contribution in [3.05, 3.63) is 182 Å². The van der Waals surface area contributed by atoms with Crippen molar-refractivity contribution in [2.75, 3.05) is 11.9 Å². The fourth-order valence-corrected chi connectivity index (χ4v) is 9.79. The van der Waals surface area contributed by atoms with E-state index in [9.17, 15) is 4.79 Å². The Morgan fingerprint density at radius 1 is 0.729 bits per heavy atom. The molecule has 2 aliphatic rings. The molecule has 0 unspecified atom stereocenters. The maximum atomic E-state index is 13.4. The highest BCUT2D eigenvalue weighted by molar-refractivity contribution is 8.32. The van der Waals surface area contributed by atoms with E-state index in [1.807, 2.05) is 37.3 Å². The number of fused-ring (bicyclic) bond motifs is 1. The third-order valence-corrected chi connectivity index (χ3v) is 12.2. The SMILES string of the molecule is CCOC(=O)C1=C(c2ccccc2)S/C(=C2\C(=S)C(C)(C)Nc3ccc(C(c4ccccc4)(c4ccccc4)c4ccccc4)cc32)S1. The maximum Gasteiger partial charge on any atom is 0.346 e. The van der Waals surface area contributed by atoms with Gasteiger partial charge in [0.25, 0.3) is 0 Å². The second kappa shape index (κ2) is 13.3. The van der Waals surface area contributed by atoms with Gasteiger partial charge in [0.1, 0.15) is 4.91 Å². The summed E-state index contributed by atoms with van der Waals surface area (Å²) in [5, 5.41) is 3.74. The minimum atomic E-state index is -0.608. The van der Waals surface area contributed by atoms with Crippen molar-refractivity contribution in [3.8, 4) is 0 Å². The minimum absolute atomic E-state index is 0.309. The Morgan fingerprint density at radius 3 is 1.77 bits per heavy atom. The minimum Gasteiger partial charge on any atom is -0.462 e. The molecule has 6 heteroatoms. The van der Waals surface area contributed by atoms with Crippen molar-refractivity contribution in [1.82, 2.24) is 0 Å². The largest absolute Gasteiger partial charge is 0.462 e. The molecule has 1 N–H and O–H groups in total. The molecule has 0 aromatic heterocycles. The average Bonchev–Trinajstić information content (AvgIpc) is 3.56. The number of carbonyl (C=O) groups is 1. The first-order valence-electron chi connectivity index (χ1n) is 16.1. The van der Waals surface area contributed by atoms with Gasteiger partial charge < -0.3 is 10.1 Å². The van der Waals surface area contributed by atoms with Crippen LogP contribution >= 0.6 is 35.7 Å². The topological polar surface area (TPSA) is 38.3 Å². The fraction of sp³-hybridized carbons (Fsp3) is 0.143. The summed E-state index contributed by atoms with van der Waals surface area (Å²) in [7, 11) is 0. The number of carbonyl (C=O) groups excluding carboxylic acids is 1. The van der Waals surface area contributed by atoms with Gasteiger partial charge in [0.15, 0.2) is 0 Å². The molecule has 2 heterocycles. The second-order valence-corrected chi connectivity index (χ2v) is 15.0. The lowest BCUT2D eigenvalue weighted by molar-refractivity contribution is -0.137. The normalized spacial score (nSPS) is 17.1. The zero-order valence-corrected chi connectivity index (χ0v) is 29.5. The van der Waals surface area contributed by atoms with Crippen LogP contribution in [0.5, 0.6) is 0 Å². The third kappa shape index (κ3) is 5.62. The summed E-state index contributed by atoms with van der Waals surface area (Å²) in [5.41, 5.74) is 7.55. The highest BCUT2D eigenvalue weighted by atomic mass is 32.2. The average molecular weight is 682 g/mol. The van der Waals surface area contributed by atoms with Gasteiger partial charge in [0, 0.05) is 26.6 Å². The van der Waals surface area contributed by atoms with Gasteiger partial charge in [-0.15, -0.1) is 0 Å². The molecule has 2 aliphatic heterocycles. The lowest BCUT2D eigenvalue weighted by Gasteiger charge is -2.40. The molecule has 5 aromatic carbocycles. The van der Waals surface area contributed by atoms with Crippen LogP contribution in [0.15, 0.2) is 149 Å². The molecule has 0 fully saturated rings. The lowest BCUT2D eigenvalue weighted by Crippen LogP contribution is -2.43. The smallest absolute Gasteiger partial charge is 0.346 e. The van der Waals surface area contributed by atoms with Gasteiger partial charge in [-0.1, -0.05) is 163 Å². The van der Waals surface area contributed by atoms with Crippen molar-refractivity contribution in [1.29, 1.82) is 0 Å². The zero-order valence-electron chi connectivity index (χ0n) is 27.0. The van der Waals surface area contributed by atoms with Crippen molar-refractivity contribution in [2.45, 2.75) is 31.7 Å². The fourth-order valence-electron chi connectivity index (χ4n) is 6.70. The van der Waals surface area contributed by atoms with E-state index in [1.165, 1.54) is 28.5 Å². The Balaban J connectivity index is 1.49. The number of anilines is 1. The molecule has 238 valence electrons. The van der Waals surface area contributed by atoms with Gasteiger partial charge in [-0.2, -0.15) is 0 Å². The van der Waals surface area contributed by atoms with Gasteiger partial charge in [0.2, 0.25) is 0 Å². The van der Waals surface area contributed by atoms with Crippen molar-refractivity contribution < 1.29 is 9.53 Å². The summed E-state index contributed by atoms with van der Waals surface area (Å²) >= 11 is 9.40. The van der Waals surface area contributed by atoms with E-state index in [0.717, 1.165) is 42.0 Å². The predicted octanol–water partition coefficient (Wildman–Crippen LogP) is 10.7. The van der Waals surface area contributed by atoms with E-state index in [1.54, 1.807) is 11.8 Å². The maximum absolute atomic E-state index is 13.4. The highest BCUT2D eigenvalue weighted by Gasteiger charge is 2.42. The molecule has 3 nitrogen and oxygen atoms in total. The molecule has 0 saturated heterocycles. The molecular weight excluding hydrogens is 647 g/mol. The quantitative estimate of drug-likeness (QED) is 0.0798. The van der Waals surface area contributed by atoms with Crippen LogP contribution in [-0.2, 0) is 14.9 Å². The van der Waals surface area contributed by atoms with Crippen LogP contribution in [0, 0.1) is 0 Å². The van der Waals surface area contributed by atoms with Crippen molar-refractivity contribution in [3.63, 3.8) is 0 Å². The van der Waals surface area contributed by atoms with E-state index < -0.39 is 11.0 Å².